The van der Waals surface area contributed by atoms with E-state index in [1.807, 2.05) is 0 Å². The summed E-state index contributed by atoms with van der Waals surface area (Å²) >= 11 is 0. The fraction of sp³-hybridized carbons (Fsp3) is 0.300. The van der Waals surface area contributed by atoms with Gasteiger partial charge in [0.05, 0.1) is 24.6 Å². The molecule has 1 saturated carbocycles. The van der Waals surface area contributed by atoms with Crippen LogP contribution in [0.4, 0.5) is 8.78 Å². The summed E-state index contributed by atoms with van der Waals surface area (Å²) in [4.78, 5) is 38.8. The van der Waals surface area contributed by atoms with Crippen LogP contribution in [0.5, 0.6) is 23.3 Å². The van der Waals surface area contributed by atoms with Crippen molar-refractivity contribution >= 4 is 22.6 Å². The molecular formula is C30H27F2N3O6. The third-order valence-electron chi connectivity index (χ3n) is 6.88. The molecule has 1 aromatic carbocycles. The summed E-state index contributed by atoms with van der Waals surface area (Å²) in [5, 5.41) is 0. The monoisotopic (exact) mass is 563 g/mol. The quantitative estimate of drug-likeness (QED) is 0.167. The number of aromatic nitrogens is 3. The second-order valence-electron chi connectivity index (χ2n) is 9.65. The van der Waals surface area contributed by atoms with E-state index in [0.29, 0.717) is 47.4 Å². The van der Waals surface area contributed by atoms with Crippen LogP contribution in [-0.4, -0.2) is 54.0 Å². The Labute approximate surface area is 234 Å². The topological polar surface area (TPSA) is 110 Å². The van der Waals surface area contributed by atoms with Gasteiger partial charge in [-0.25, -0.2) is 18.7 Å². The highest BCUT2D eigenvalue weighted by atomic mass is 19.1. The van der Waals surface area contributed by atoms with Crippen molar-refractivity contribution < 1.29 is 37.3 Å². The number of methoxy groups -OCH3 is 2. The fourth-order valence-electron chi connectivity index (χ4n) is 4.47. The first-order valence-corrected chi connectivity index (χ1v) is 12.9. The van der Waals surface area contributed by atoms with Crippen molar-refractivity contribution in [2.45, 2.75) is 25.7 Å². The Hall–Kier alpha value is -4.51. The fourth-order valence-corrected chi connectivity index (χ4v) is 4.47. The zero-order chi connectivity index (χ0) is 29.0. The number of Topliss-reactive ketones (excluding diaryl/α,β-unsaturated/α-hetero) is 2. The van der Waals surface area contributed by atoms with Crippen LogP contribution in [0.15, 0.2) is 54.9 Å². The molecule has 0 radical (unpaired) electrons. The highest BCUT2D eigenvalue weighted by molar-refractivity contribution is 6.10. The third kappa shape index (κ3) is 6.14. The van der Waals surface area contributed by atoms with Crippen molar-refractivity contribution in [1.82, 2.24) is 15.0 Å². The van der Waals surface area contributed by atoms with E-state index in [0.717, 1.165) is 0 Å². The summed E-state index contributed by atoms with van der Waals surface area (Å²) in [6, 6.07) is 9.92. The van der Waals surface area contributed by atoms with Crippen LogP contribution in [0.2, 0.25) is 0 Å². The molecule has 0 atom stereocenters. The van der Waals surface area contributed by atoms with Crippen molar-refractivity contribution in [3.05, 3.63) is 77.6 Å². The van der Waals surface area contributed by atoms with E-state index in [-0.39, 0.29) is 48.5 Å². The van der Waals surface area contributed by atoms with E-state index in [1.54, 1.807) is 13.2 Å². The molecule has 1 aliphatic rings. The lowest BCUT2D eigenvalue weighted by Gasteiger charge is -2.14. The van der Waals surface area contributed by atoms with Gasteiger partial charge in [0.15, 0.2) is 28.9 Å². The number of benzene rings is 1. The summed E-state index contributed by atoms with van der Waals surface area (Å²) < 4.78 is 50.0. The molecule has 0 unspecified atom stereocenters. The molecule has 0 N–H and O–H groups in total. The molecule has 0 aliphatic heterocycles. The lowest BCUT2D eigenvalue weighted by molar-refractivity contribution is -0.133. The second-order valence-corrected chi connectivity index (χ2v) is 9.65. The number of ether oxygens (including phenoxy) is 4. The average Bonchev–Trinajstić information content (AvgIpc) is 3.78. The number of ketones is 2. The van der Waals surface area contributed by atoms with Crippen LogP contribution < -0.4 is 14.2 Å². The van der Waals surface area contributed by atoms with E-state index in [2.05, 4.69) is 15.0 Å². The molecule has 1 fully saturated rings. The minimum Gasteiger partial charge on any atom is -0.485 e. The van der Waals surface area contributed by atoms with Gasteiger partial charge < -0.3 is 18.9 Å². The van der Waals surface area contributed by atoms with Crippen LogP contribution in [0.3, 0.4) is 0 Å². The third-order valence-corrected chi connectivity index (χ3v) is 6.88. The lowest BCUT2D eigenvalue weighted by Crippen LogP contribution is -2.29. The van der Waals surface area contributed by atoms with E-state index >= 15 is 4.39 Å². The van der Waals surface area contributed by atoms with E-state index in [4.69, 9.17) is 18.9 Å². The Kier molecular flexibility index (Phi) is 8.16. The molecule has 41 heavy (non-hydrogen) atoms. The van der Waals surface area contributed by atoms with Crippen molar-refractivity contribution in [2.24, 2.45) is 5.41 Å². The van der Waals surface area contributed by atoms with Crippen molar-refractivity contribution in [1.29, 1.82) is 0 Å². The van der Waals surface area contributed by atoms with E-state index in [9.17, 15) is 14.0 Å². The molecule has 0 bridgehead atoms. The molecule has 9 nitrogen and oxygen atoms in total. The van der Waals surface area contributed by atoms with Crippen LogP contribution in [0, 0.1) is 17.0 Å². The highest BCUT2D eigenvalue weighted by Gasteiger charge is 2.54. The normalized spacial score (nSPS) is 13.6. The number of fused-ring (bicyclic) bond motifs is 1. The van der Waals surface area contributed by atoms with Crippen LogP contribution >= 0.6 is 0 Å². The number of pyridine rings is 3. The summed E-state index contributed by atoms with van der Waals surface area (Å²) in [5.74, 6) is -1.26. The minimum atomic E-state index is -1.09. The Bertz CT molecular complexity index is 1590. The van der Waals surface area contributed by atoms with Crippen molar-refractivity contribution in [2.75, 3.05) is 27.4 Å². The predicted molar refractivity (Wildman–Crippen MR) is 143 cm³/mol. The summed E-state index contributed by atoms with van der Waals surface area (Å²) in [5.41, 5.74) is 0.596. The molecule has 3 heterocycles. The van der Waals surface area contributed by atoms with Crippen LogP contribution in [0.1, 0.15) is 24.0 Å². The first kappa shape index (κ1) is 28.0. The second kappa shape index (κ2) is 11.9. The van der Waals surface area contributed by atoms with Gasteiger partial charge in [-0.05, 0) is 42.2 Å². The van der Waals surface area contributed by atoms with Crippen molar-refractivity contribution in [3.8, 4) is 23.3 Å². The van der Waals surface area contributed by atoms with Gasteiger partial charge in [-0.15, -0.1) is 0 Å². The molecule has 0 spiro atoms. The lowest BCUT2D eigenvalue weighted by atomic mass is 9.88. The minimum absolute atomic E-state index is 0.0326. The number of hydrogen-bond acceptors (Lipinski definition) is 9. The maximum Gasteiger partial charge on any atom is 0.257 e. The average molecular weight is 564 g/mol. The Balaban J connectivity index is 1.29. The van der Waals surface area contributed by atoms with E-state index in [1.165, 1.54) is 55.9 Å². The molecule has 5 rings (SSSR count). The SMILES string of the molecule is COCCOc1cc2nccc(Oc3ncc(CC(=O)C4(C(=O)Cc5ccc(F)cc5)CC4)cc3F)c2nc1OC. The predicted octanol–water partition coefficient (Wildman–Crippen LogP) is 4.83. The summed E-state index contributed by atoms with van der Waals surface area (Å²) in [6.07, 6.45) is 3.58. The van der Waals surface area contributed by atoms with Gasteiger partial charge in [-0.3, -0.25) is 14.6 Å². The molecule has 1 aliphatic carbocycles. The van der Waals surface area contributed by atoms with Gasteiger partial charge in [-0.1, -0.05) is 12.1 Å². The van der Waals surface area contributed by atoms with E-state index < -0.39 is 17.0 Å². The number of hydrogen-bond donors (Lipinski definition) is 0. The van der Waals surface area contributed by atoms with Crippen LogP contribution in [0.25, 0.3) is 11.0 Å². The van der Waals surface area contributed by atoms with Crippen molar-refractivity contribution in [3.63, 3.8) is 0 Å². The zero-order valence-corrected chi connectivity index (χ0v) is 22.5. The number of rotatable bonds is 13. The van der Waals surface area contributed by atoms with Gasteiger partial charge >= 0.3 is 0 Å². The summed E-state index contributed by atoms with van der Waals surface area (Å²) in [7, 11) is 3.00. The molecule has 0 saturated heterocycles. The van der Waals surface area contributed by atoms with Gasteiger partial charge in [-0.2, -0.15) is 0 Å². The zero-order valence-electron chi connectivity index (χ0n) is 22.5. The maximum atomic E-state index is 15.1. The molecule has 3 aromatic heterocycles. The number of halogens is 2. The Morgan fingerprint density at radius 1 is 0.878 bits per heavy atom. The van der Waals surface area contributed by atoms with Gasteiger partial charge in [0.2, 0.25) is 0 Å². The Morgan fingerprint density at radius 3 is 2.27 bits per heavy atom. The standard InChI is InChI=1S/C30H27F2N3O6/c1-38-11-12-40-24-16-22-27(35-29(24)39-2)23(7-10-33-22)41-28-21(32)13-19(17-34-28)15-26(37)30(8-9-30)25(36)14-18-3-5-20(31)6-4-18/h3-7,10,13,16-17H,8-9,11-12,14-15H2,1-2H3. The molecular weight excluding hydrogens is 536 g/mol. The molecule has 11 heteroatoms. The number of carbonyl (C=O) groups is 2. The van der Waals surface area contributed by atoms with Gasteiger partial charge in [0, 0.05) is 44.5 Å². The smallest absolute Gasteiger partial charge is 0.257 e. The highest BCUT2D eigenvalue weighted by Crippen LogP contribution is 2.49. The Morgan fingerprint density at radius 2 is 1.61 bits per heavy atom. The molecule has 212 valence electrons. The molecule has 0 amide bonds. The number of carbonyl (C=O) groups excluding carboxylic acids is 2. The first-order chi connectivity index (χ1) is 19.8. The largest absolute Gasteiger partial charge is 0.485 e. The summed E-state index contributed by atoms with van der Waals surface area (Å²) in [6.45, 7) is 0.654. The van der Waals surface area contributed by atoms with Gasteiger partial charge in [0.25, 0.3) is 11.8 Å². The maximum absolute atomic E-state index is 15.1. The molecule has 4 aromatic rings. The van der Waals surface area contributed by atoms with Gasteiger partial charge in [0.1, 0.15) is 17.9 Å². The van der Waals surface area contributed by atoms with Crippen LogP contribution in [-0.2, 0) is 27.2 Å². The first-order valence-electron chi connectivity index (χ1n) is 12.9. The number of nitrogens with zero attached hydrogens (tertiary/aromatic N) is 3.